The molecule has 2 unspecified atom stereocenters. The average Bonchev–Trinajstić information content (AvgIpc) is 2.68. The van der Waals surface area contributed by atoms with Crippen LogP contribution < -0.4 is 11.1 Å². The summed E-state index contributed by atoms with van der Waals surface area (Å²) >= 11 is 0. The summed E-state index contributed by atoms with van der Waals surface area (Å²) in [5.41, 5.74) is 6.25. The van der Waals surface area contributed by atoms with Crippen molar-refractivity contribution in [2.75, 3.05) is 6.54 Å². The highest BCUT2D eigenvalue weighted by Gasteiger charge is 2.28. The first-order chi connectivity index (χ1) is 7.16. The van der Waals surface area contributed by atoms with Gasteiger partial charge in [-0.1, -0.05) is 12.1 Å². The summed E-state index contributed by atoms with van der Waals surface area (Å²) in [5, 5.41) is 3.05. The first-order valence-electron chi connectivity index (χ1n) is 4.95. The molecule has 1 aromatic carbocycles. The number of nitrogens with one attached hydrogen (secondary N) is 1. The van der Waals surface area contributed by atoms with Gasteiger partial charge in [-0.25, -0.2) is 4.39 Å². The third-order valence-corrected chi connectivity index (χ3v) is 2.82. The van der Waals surface area contributed by atoms with Crippen molar-refractivity contribution in [3.05, 3.63) is 35.6 Å². The second-order valence-electron chi connectivity index (χ2n) is 3.85. The molecule has 0 saturated carbocycles. The molecule has 1 aromatic rings. The first-order valence-corrected chi connectivity index (χ1v) is 4.95. The van der Waals surface area contributed by atoms with Crippen LogP contribution in [0.4, 0.5) is 4.39 Å². The van der Waals surface area contributed by atoms with E-state index in [1.54, 1.807) is 12.1 Å². The number of nitrogens with two attached hydrogens (primary N) is 1. The molecule has 15 heavy (non-hydrogen) atoms. The van der Waals surface area contributed by atoms with Crippen LogP contribution in [0.5, 0.6) is 0 Å². The summed E-state index contributed by atoms with van der Waals surface area (Å²) in [7, 11) is 0. The van der Waals surface area contributed by atoms with Gasteiger partial charge in [0.05, 0.1) is 6.04 Å². The maximum Gasteiger partial charge on any atom is 0.234 e. The Kier molecular flexibility index (Phi) is 2.68. The van der Waals surface area contributed by atoms with Crippen LogP contribution in [0.25, 0.3) is 0 Å². The van der Waals surface area contributed by atoms with Crippen molar-refractivity contribution in [1.29, 1.82) is 0 Å². The Bertz CT molecular complexity index is 363. The zero-order valence-electron chi connectivity index (χ0n) is 8.24. The second-order valence-corrected chi connectivity index (χ2v) is 3.85. The van der Waals surface area contributed by atoms with Crippen molar-refractivity contribution < 1.29 is 9.18 Å². The minimum atomic E-state index is -0.320. The minimum Gasteiger partial charge on any atom is -0.368 e. The van der Waals surface area contributed by atoms with Crippen LogP contribution in [0.3, 0.4) is 0 Å². The third-order valence-electron chi connectivity index (χ3n) is 2.82. The average molecular weight is 208 g/mol. The summed E-state index contributed by atoms with van der Waals surface area (Å²) in [4.78, 5) is 10.9. The van der Waals surface area contributed by atoms with Gasteiger partial charge in [0.15, 0.2) is 0 Å². The van der Waals surface area contributed by atoms with E-state index >= 15 is 0 Å². The predicted octanol–water partition coefficient (Wildman–Crippen LogP) is 0.756. The van der Waals surface area contributed by atoms with E-state index in [4.69, 9.17) is 5.73 Å². The maximum absolute atomic E-state index is 12.7. The fourth-order valence-corrected chi connectivity index (χ4v) is 1.94. The van der Waals surface area contributed by atoms with Crippen LogP contribution in [0, 0.1) is 5.82 Å². The molecule has 80 valence electrons. The Morgan fingerprint density at radius 1 is 1.40 bits per heavy atom. The van der Waals surface area contributed by atoms with E-state index in [-0.39, 0.29) is 23.7 Å². The van der Waals surface area contributed by atoms with Crippen LogP contribution in [0.15, 0.2) is 24.3 Å². The van der Waals surface area contributed by atoms with Crippen molar-refractivity contribution in [2.24, 2.45) is 5.73 Å². The molecule has 3 nitrogen and oxygen atoms in total. The van der Waals surface area contributed by atoms with E-state index in [9.17, 15) is 9.18 Å². The van der Waals surface area contributed by atoms with Crippen LogP contribution in [-0.4, -0.2) is 18.5 Å². The SMILES string of the molecule is NC(=O)C1CC(c2ccc(F)cc2)CN1. The van der Waals surface area contributed by atoms with E-state index in [1.807, 2.05) is 0 Å². The molecule has 0 radical (unpaired) electrons. The maximum atomic E-state index is 12.7. The van der Waals surface area contributed by atoms with Gasteiger partial charge in [-0.3, -0.25) is 4.79 Å². The summed E-state index contributed by atoms with van der Waals surface area (Å²) in [6.45, 7) is 0.721. The quantitative estimate of drug-likeness (QED) is 0.753. The number of halogens is 1. The number of amides is 1. The van der Waals surface area contributed by atoms with Gasteiger partial charge in [-0.15, -0.1) is 0 Å². The minimum absolute atomic E-state index is 0.240. The highest BCUT2D eigenvalue weighted by molar-refractivity contribution is 5.80. The number of hydrogen-bond acceptors (Lipinski definition) is 2. The smallest absolute Gasteiger partial charge is 0.234 e. The molecule has 3 N–H and O–H groups in total. The molecule has 2 atom stereocenters. The molecular formula is C11H13FN2O. The molecule has 1 aliphatic heterocycles. The molecule has 4 heteroatoms. The van der Waals surface area contributed by atoms with Gasteiger partial charge in [0.1, 0.15) is 5.82 Å². The van der Waals surface area contributed by atoms with Gasteiger partial charge in [0.2, 0.25) is 5.91 Å². The number of benzene rings is 1. The zero-order chi connectivity index (χ0) is 10.8. The molecule has 0 aliphatic carbocycles. The number of rotatable bonds is 2. The van der Waals surface area contributed by atoms with E-state index in [2.05, 4.69) is 5.32 Å². The second kappa shape index (κ2) is 3.98. The highest BCUT2D eigenvalue weighted by atomic mass is 19.1. The Balaban J connectivity index is 2.07. The standard InChI is InChI=1S/C11H13FN2O/c12-9-3-1-7(2-4-9)8-5-10(11(13)15)14-6-8/h1-4,8,10,14H,5-6H2,(H2,13,15). The van der Waals surface area contributed by atoms with E-state index < -0.39 is 0 Å². The monoisotopic (exact) mass is 208 g/mol. The fraction of sp³-hybridized carbons (Fsp3) is 0.364. The first kappa shape index (κ1) is 10.1. The Morgan fingerprint density at radius 2 is 2.07 bits per heavy atom. The lowest BCUT2D eigenvalue weighted by atomic mass is 9.96. The van der Waals surface area contributed by atoms with Crippen molar-refractivity contribution in [1.82, 2.24) is 5.32 Å². The molecular weight excluding hydrogens is 195 g/mol. The Labute approximate surface area is 87.5 Å². The number of carbonyl (C=O) groups excluding carboxylic acids is 1. The number of primary amides is 1. The normalized spacial score (nSPS) is 25.4. The van der Waals surface area contributed by atoms with Gasteiger partial charge in [-0.2, -0.15) is 0 Å². The van der Waals surface area contributed by atoms with Gasteiger partial charge in [-0.05, 0) is 30.0 Å². The van der Waals surface area contributed by atoms with Gasteiger partial charge >= 0.3 is 0 Å². The van der Waals surface area contributed by atoms with Gasteiger partial charge < -0.3 is 11.1 Å². The lowest BCUT2D eigenvalue weighted by molar-refractivity contribution is -0.119. The van der Waals surface area contributed by atoms with Gasteiger partial charge in [0.25, 0.3) is 0 Å². The van der Waals surface area contributed by atoms with Crippen LogP contribution in [0.2, 0.25) is 0 Å². The number of carbonyl (C=O) groups is 1. The van der Waals surface area contributed by atoms with E-state index in [0.29, 0.717) is 6.42 Å². The van der Waals surface area contributed by atoms with Gasteiger partial charge in [0, 0.05) is 6.54 Å². The topological polar surface area (TPSA) is 55.1 Å². The molecule has 1 saturated heterocycles. The lowest BCUT2D eigenvalue weighted by Gasteiger charge is -2.08. The molecule has 1 amide bonds. The summed E-state index contributed by atoms with van der Waals surface area (Å²) in [6, 6.07) is 6.13. The van der Waals surface area contributed by atoms with E-state index in [0.717, 1.165) is 12.1 Å². The van der Waals surface area contributed by atoms with Crippen molar-refractivity contribution >= 4 is 5.91 Å². The summed E-state index contributed by atoms with van der Waals surface area (Å²) in [6.07, 6.45) is 0.695. The molecule has 0 aromatic heterocycles. The third kappa shape index (κ3) is 2.15. The van der Waals surface area contributed by atoms with Crippen molar-refractivity contribution in [3.8, 4) is 0 Å². The van der Waals surface area contributed by atoms with Crippen molar-refractivity contribution in [3.63, 3.8) is 0 Å². The number of hydrogen-bond donors (Lipinski definition) is 2. The Morgan fingerprint density at radius 3 is 2.60 bits per heavy atom. The fourth-order valence-electron chi connectivity index (χ4n) is 1.94. The largest absolute Gasteiger partial charge is 0.368 e. The van der Waals surface area contributed by atoms with Crippen molar-refractivity contribution in [2.45, 2.75) is 18.4 Å². The van der Waals surface area contributed by atoms with E-state index in [1.165, 1.54) is 12.1 Å². The zero-order valence-corrected chi connectivity index (χ0v) is 8.24. The van der Waals surface area contributed by atoms with Crippen LogP contribution in [-0.2, 0) is 4.79 Å². The summed E-state index contributed by atoms with van der Waals surface area (Å²) < 4.78 is 12.7. The van der Waals surface area contributed by atoms with Crippen LogP contribution in [0.1, 0.15) is 17.9 Å². The Hall–Kier alpha value is -1.42. The molecule has 0 bridgehead atoms. The predicted molar refractivity (Wildman–Crippen MR) is 54.7 cm³/mol. The molecule has 2 rings (SSSR count). The summed E-state index contributed by atoms with van der Waals surface area (Å²) in [5.74, 6) is -0.307. The lowest BCUT2D eigenvalue weighted by Crippen LogP contribution is -2.36. The highest BCUT2D eigenvalue weighted by Crippen LogP contribution is 2.25. The van der Waals surface area contributed by atoms with Crippen LogP contribution >= 0.6 is 0 Å². The molecule has 1 heterocycles. The molecule has 1 fully saturated rings. The molecule has 1 aliphatic rings. The molecule has 0 spiro atoms.